The second-order valence-electron chi connectivity index (χ2n) is 4.29. The van der Waals surface area contributed by atoms with E-state index in [4.69, 9.17) is 0 Å². The molecule has 7 heteroatoms. The van der Waals surface area contributed by atoms with Crippen molar-refractivity contribution in [1.29, 1.82) is 0 Å². The summed E-state index contributed by atoms with van der Waals surface area (Å²) in [6, 6.07) is 9.31. The first-order valence-electron chi connectivity index (χ1n) is 6.36. The Morgan fingerprint density at radius 3 is 2.73 bits per heavy atom. The summed E-state index contributed by atoms with van der Waals surface area (Å²) in [6.07, 6.45) is 2.97. The lowest BCUT2D eigenvalue weighted by Gasteiger charge is -2.07. The van der Waals surface area contributed by atoms with Crippen LogP contribution in [0.25, 0.3) is 0 Å². The van der Waals surface area contributed by atoms with E-state index >= 15 is 0 Å². The molecule has 0 aliphatic carbocycles. The average molecular weight is 305 g/mol. The zero-order valence-electron chi connectivity index (χ0n) is 11.7. The lowest BCUT2D eigenvalue weighted by atomic mass is 10.1. The molecule has 22 heavy (non-hydrogen) atoms. The van der Waals surface area contributed by atoms with Crippen LogP contribution in [0.4, 0.5) is 8.78 Å². The van der Waals surface area contributed by atoms with Gasteiger partial charge in [-0.05, 0) is 31.2 Å². The number of amides is 1. The molecule has 1 aromatic heterocycles. The zero-order valence-corrected chi connectivity index (χ0v) is 11.7. The van der Waals surface area contributed by atoms with Crippen LogP contribution in [0.5, 0.6) is 5.75 Å². The first kappa shape index (κ1) is 15.6. The normalized spacial score (nSPS) is 11.4. The molecule has 1 N–H and O–H groups in total. The molecule has 0 saturated carbocycles. The summed E-state index contributed by atoms with van der Waals surface area (Å²) in [6.45, 7) is -1.25. The fourth-order valence-corrected chi connectivity index (χ4v) is 1.66. The van der Waals surface area contributed by atoms with Crippen molar-refractivity contribution in [2.24, 2.45) is 5.10 Å². The standard InChI is InChI=1S/C15H13F2N3O2/c1-10(11-4-2-6-13(8-11)22-15(16)17)19-20-14(21)12-5-3-7-18-9-12/h2-9,15H,1H3,(H,20,21)/b19-10-. The van der Waals surface area contributed by atoms with Crippen LogP contribution in [-0.2, 0) is 0 Å². The number of benzene rings is 1. The van der Waals surface area contributed by atoms with E-state index in [1.54, 1.807) is 37.4 Å². The van der Waals surface area contributed by atoms with E-state index in [0.29, 0.717) is 16.8 Å². The Kier molecular flexibility index (Phi) is 5.13. The third-order valence-corrected chi connectivity index (χ3v) is 2.73. The molecular weight excluding hydrogens is 292 g/mol. The Balaban J connectivity index is 2.07. The number of halogens is 2. The van der Waals surface area contributed by atoms with Gasteiger partial charge in [0.15, 0.2) is 0 Å². The van der Waals surface area contributed by atoms with Crippen molar-refractivity contribution < 1.29 is 18.3 Å². The maximum Gasteiger partial charge on any atom is 0.387 e. The molecule has 2 aromatic rings. The minimum atomic E-state index is -2.89. The summed E-state index contributed by atoms with van der Waals surface area (Å²) in [5.74, 6) is -0.381. The summed E-state index contributed by atoms with van der Waals surface area (Å²) in [7, 11) is 0. The molecule has 114 valence electrons. The van der Waals surface area contributed by atoms with Crippen LogP contribution in [-0.4, -0.2) is 23.2 Å². The summed E-state index contributed by atoms with van der Waals surface area (Å²) in [5.41, 5.74) is 3.76. The van der Waals surface area contributed by atoms with Crippen molar-refractivity contribution in [2.75, 3.05) is 0 Å². The van der Waals surface area contributed by atoms with Crippen molar-refractivity contribution in [3.05, 3.63) is 59.9 Å². The molecule has 0 unspecified atom stereocenters. The molecule has 0 spiro atoms. The molecule has 0 bridgehead atoms. The fraction of sp³-hybridized carbons (Fsp3) is 0.133. The van der Waals surface area contributed by atoms with Crippen LogP contribution in [0.2, 0.25) is 0 Å². The van der Waals surface area contributed by atoms with E-state index < -0.39 is 12.5 Å². The third-order valence-electron chi connectivity index (χ3n) is 2.73. The minimum Gasteiger partial charge on any atom is -0.435 e. The number of nitrogens with zero attached hydrogens (tertiary/aromatic N) is 2. The van der Waals surface area contributed by atoms with Gasteiger partial charge in [-0.2, -0.15) is 13.9 Å². The zero-order chi connectivity index (χ0) is 15.9. The van der Waals surface area contributed by atoms with E-state index in [0.717, 1.165) is 0 Å². The van der Waals surface area contributed by atoms with Gasteiger partial charge >= 0.3 is 6.61 Å². The Morgan fingerprint density at radius 1 is 1.27 bits per heavy atom. The van der Waals surface area contributed by atoms with Crippen LogP contribution < -0.4 is 10.2 Å². The number of hydrogen-bond acceptors (Lipinski definition) is 4. The van der Waals surface area contributed by atoms with Crippen molar-refractivity contribution in [3.63, 3.8) is 0 Å². The van der Waals surface area contributed by atoms with Crippen molar-refractivity contribution in [2.45, 2.75) is 13.5 Å². The largest absolute Gasteiger partial charge is 0.435 e. The summed E-state index contributed by atoms with van der Waals surface area (Å²) >= 11 is 0. The van der Waals surface area contributed by atoms with Gasteiger partial charge in [0, 0.05) is 18.0 Å². The van der Waals surface area contributed by atoms with E-state index in [2.05, 4.69) is 20.2 Å². The summed E-state index contributed by atoms with van der Waals surface area (Å²) in [5, 5.41) is 3.94. The highest BCUT2D eigenvalue weighted by atomic mass is 19.3. The first-order valence-corrected chi connectivity index (χ1v) is 6.36. The molecule has 0 radical (unpaired) electrons. The van der Waals surface area contributed by atoms with Crippen molar-refractivity contribution >= 4 is 11.6 Å². The highest BCUT2D eigenvalue weighted by Gasteiger charge is 2.07. The molecule has 0 aliphatic rings. The Labute approximate surface area is 125 Å². The van der Waals surface area contributed by atoms with Gasteiger partial charge in [0.05, 0.1) is 11.3 Å². The smallest absolute Gasteiger partial charge is 0.387 e. The first-order chi connectivity index (χ1) is 10.6. The molecule has 5 nitrogen and oxygen atoms in total. The van der Waals surface area contributed by atoms with Crippen molar-refractivity contribution in [1.82, 2.24) is 10.4 Å². The molecule has 1 heterocycles. The van der Waals surface area contributed by atoms with Gasteiger partial charge in [0.25, 0.3) is 5.91 Å². The molecule has 1 aromatic carbocycles. The number of rotatable bonds is 5. The molecule has 0 atom stereocenters. The van der Waals surface area contributed by atoms with Crippen LogP contribution in [0.15, 0.2) is 53.9 Å². The molecular formula is C15H13F2N3O2. The topological polar surface area (TPSA) is 63.6 Å². The average Bonchev–Trinajstić information content (AvgIpc) is 2.52. The highest BCUT2D eigenvalue weighted by Crippen LogP contribution is 2.16. The van der Waals surface area contributed by atoms with Gasteiger partial charge in [0.1, 0.15) is 5.75 Å². The van der Waals surface area contributed by atoms with Gasteiger partial charge < -0.3 is 4.74 Å². The van der Waals surface area contributed by atoms with Crippen molar-refractivity contribution in [3.8, 4) is 5.75 Å². The number of hydrazone groups is 1. The van der Waals surface area contributed by atoms with Gasteiger partial charge in [0.2, 0.25) is 0 Å². The van der Waals surface area contributed by atoms with Gasteiger partial charge in [-0.3, -0.25) is 9.78 Å². The molecule has 1 amide bonds. The van der Waals surface area contributed by atoms with Gasteiger partial charge in [-0.1, -0.05) is 12.1 Å². The highest BCUT2D eigenvalue weighted by molar-refractivity contribution is 6.01. The fourth-order valence-electron chi connectivity index (χ4n) is 1.66. The maximum absolute atomic E-state index is 12.2. The maximum atomic E-state index is 12.2. The van der Waals surface area contributed by atoms with Gasteiger partial charge in [-0.15, -0.1) is 0 Å². The van der Waals surface area contributed by atoms with Crippen LogP contribution in [0.1, 0.15) is 22.8 Å². The monoisotopic (exact) mass is 305 g/mol. The molecule has 0 aliphatic heterocycles. The summed E-state index contributed by atoms with van der Waals surface area (Å²) < 4.78 is 28.7. The number of nitrogens with one attached hydrogen (secondary N) is 1. The number of carbonyl (C=O) groups excluding carboxylic acids is 1. The second-order valence-corrected chi connectivity index (χ2v) is 4.29. The van der Waals surface area contributed by atoms with E-state index in [1.807, 2.05) is 0 Å². The quantitative estimate of drug-likeness (QED) is 0.682. The Bertz CT molecular complexity index is 675. The number of alkyl halides is 2. The molecule has 0 saturated heterocycles. The predicted octanol–water partition coefficient (Wildman–Crippen LogP) is 2.84. The van der Waals surface area contributed by atoms with Crippen LogP contribution in [0.3, 0.4) is 0 Å². The van der Waals surface area contributed by atoms with E-state index in [1.165, 1.54) is 18.3 Å². The minimum absolute atomic E-state index is 0.0284. The Morgan fingerprint density at radius 2 is 2.05 bits per heavy atom. The molecule has 2 rings (SSSR count). The summed E-state index contributed by atoms with van der Waals surface area (Å²) in [4.78, 5) is 15.6. The van der Waals surface area contributed by atoms with Gasteiger partial charge in [-0.25, -0.2) is 5.43 Å². The number of carbonyl (C=O) groups is 1. The number of hydrogen-bond donors (Lipinski definition) is 1. The number of aromatic nitrogens is 1. The molecule has 0 fully saturated rings. The Hall–Kier alpha value is -2.83. The van der Waals surface area contributed by atoms with Crippen LogP contribution >= 0.6 is 0 Å². The second kappa shape index (κ2) is 7.26. The van der Waals surface area contributed by atoms with Crippen LogP contribution in [0, 0.1) is 0 Å². The van der Waals surface area contributed by atoms with E-state index in [9.17, 15) is 13.6 Å². The van der Waals surface area contributed by atoms with E-state index in [-0.39, 0.29) is 5.75 Å². The lowest BCUT2D eigenvalue weighted by Crippen LogP contribution is -2.19. The SMILES string of the molecule is C/C(=N/NC(=O)c1cccnc1)c1cccc(OC(F)F)c1. The lowest BCUT2D eigenvalue weighted by molar-refractivity contribution is -0.0498. The number of ether oxygens (including phenoxy) is 1. The predicted molar refractivity (Wildman–Crippen MR) is 77.0 cm³/mol. The third kappa shape index (κ3) is 4.34. The number of pyridine rings is 1.